The van der Waals surface area contributed by atoms with Crippen LogP contribution in [0.4, 0.5) is 0 Å². The third kappa shape index (κ3) is 3.64. The van der Waals surface area contributed by atoms with Gasteiger partial charge in [0.2, 0.25) is 0 Å². The topological polar surface area (TPSA) is 75.7 Å². The maximum Gasteiger partial charge on any atom is 0.261 e. The summed E-state index contributed by atoms with van der Waals surface area (Å²) in [6.45, 7) is 6.77. The lowest BCUT2D eigenvalue weighted by Crippen LogP contribution is -2.36. The first-order chi connectivity index (χ1) is 11.4. The van der Waals surface area contributed by atoms with E-state index in [9.17, 15) is 14.4 Å². The number of amides is 3. The Kier molecular flexibility index (Phi) is 5.72. The Labute approximate surface area is 142 Å². The van der Waals surface area contributed by atoms with Gasteiger partial charge in [0.15, 0.2) is 0 Å². The molecule has 0 aliphatic carbocycles. The van der Waals surface area contributed by atoms with E-state index in [1.165, 1.54) is 11.0 Å². The van der Waals surface area contributed by atoms with Gasteiger partial charge in [-0.3, -0.25) is 19.3 Å². The van der Waals surface area contributed by atoms with Crippen molar-refractivity contribution in [2.24, 2.45) is 5.92 Å². The van der Waals surface area contributed by atoms with Crippen LogP contribution in [0.15, 0.2) is 18.2 Å². The van der Waals surface area contributed by atoms with Gasteiger partial charge in [-0.05, 0) is 37.5 Å². The summed E-state index contributed by atoms with van der Waals surface area (Å²) in [6, 6.07) is 4.67. The number of carbonyl (C=O) groups is 3. The van der Waals surface area contributed by atoms with E-state index in [1.54, 1.807) is 19.2 Å². The first kappa shape index (κ1) is 18.1. The predicted octanol–water partition coefficient (Wildman–Crippen LogP) is 2.09. The van der Waals surface area contributed by atoms with E-state index in [2.05, 4.69) is 5.32 Å². The number of rotatable bonds is 7. The standard InChI is InChI=1S/C18H24N2O4/c1-11(2)12(3)19-16(21)13-6-7-14-15(10-13)18(23)20(17(14)22)8-5-9-24-4/h6-7,10-12H,5,8-9H2,1-4H3,(H,19,21). The molecule has 1 aromatic rings. The predicted molar refractivity (Wildman–Crippen MR) is 90.1 cm³/mol. The van der Waals surface area contributed by atoms with Crippen LogP contribution in [-0.2, 0) is 4.74 Å². The Morgan fingerprint density at radius 3 is 2.46 bits per heavy atom. The highest BCUT2D eigenvalue weighted by Gasteiger charge is 2.35. The lowest BCUT2D eigenvalue weighted by molar-refractivity contribution is 0.0638. The van der Waals surface area contributed by atoms with Crippen LogP contribution in [-0.4, -0.2) is 48.9 Å². The Morgan fingerprint density at radius 2 is 1.83 bits per heavy atom. The van der Waals surface area contributed by atoms with Gasteiger partial charge in [0.1, 0.15) is 0 Å². The Balaban J connectivity index is 2.17. The van der Waals surface area contributed by atoms with Crippen LogP contribution in [0, 0.1) is 5.92 Å². The van der Waals surface area contributed by atoms with E-state index in [4.69, 9.17) is 4.74 Å². The summed E-state index contributed by atoms with van der Waals surface area (Å²) in [5, 5.41) is 2.90. The number of carbonyl (C=O) groups excluding carboxylic acids is 3. The lowest BCUT2D eigenvalue weighted by Gasteiger charge is -2.17. The molecule has 1 atom stereocenters. The number of fused-ring (bicyclic) bond motifs is 1. The molecule has 0 saturated carbocycles. The van der Waals surface area contributed by atoms with E-state index < -0.39 is 0 Å². The molecule has 0 saturated heterocycles. The number of nitrogens with one attached hydrogen (secondary N) is 1. The molecule has 1 aliphatic heterocycles. The number of hydrogen-bond acceptors (Lipinski definition) is 4. The number of methoxy groups -OCH3 is 1. The highest BCUT2D eigenvalue weighted by atomic mass is 16.5. The lowest BCUT2D eigenvalue weighted by atomic mass is 10.0. The van der Waals surface area contributed by atoms with Crippen molar-refractivity contribution in [3.05, 3.63) is 34.9 Å². The molecular weight excluding hydrogens is 308 g/mol. The molecule has 1 aliphatic rings. The van der Waals surface area contributed by atoms with Crippen molar-refractivity contribution >= 4 is 17.7 Å². The zero-order valence-corrected chi connectivity index (χ0v) is 14.6. The van der Waals surface area contributed by atoms with Gasteiger partial charge in [-0.15, -0.1) is 0 Å². The second-order valence-corrected chi connectivity index (χ2v) is 6.37. The van der Waals surface area contributed by atoms with Crippen molar-refractivity contribution in [2.75, 3.05) is 20.3 Å². The fourth-order valence-corrected chi connectivity index (χ4v) is 2.46. The average Bonchev–Trinajstić information content (AvgIpc) is 2.79. The molecule has 1 aromatic carbocycles. The van der Waals surface area contributed by atoms with Crippen LogP contribution in [0.2, 0.25) is 0 Å². The van der Waals surface area contributed by atoms with Gasteiger partial charge in [-0.1, -0.05) is 13.8 Å². The van der Waals surface area contributed by atoms with Crippen LogP contribution < -0.4 is 5.32 Å². The maximum atomic E-state index is 12.4. The highest BCUT2D eigenvalue weighted by Crippen LogP contribution is 2.24. The van der Waals surface area contributed by atoms with Crippen molar-refractivity contribution in [2.45, 2.75) is 33.2 Å². The fraction of sp³-hybridized carbons (Fsp3) is 0.500. The van der Waals surface area contributed by atoms with E-state index in [-0.39, 0.29) is 23.8 Å². The SMILES string of the molecule is COCCCN1C(=O)c2ccc(C(=O)NC(C)C(C)C)cc2C1=O. The third-order valence-electron chi connectivity index (χ3n) is 4.32. The molecule has 24 heavy (non-hydrogen) atoms. The molecule has 0 bridgehead atoms. The van der Waals surface area contributed by atoms with Crippen LogP contribution in [0.1, 0.15) is 58.3 Å². The number of hydrogen-bond donors (Lipinski definition) is 1. The zero-order chi connectivity index (χ0) is 17.9. The highest BCUT2D eigenvalue weighted by molar-refractivity contribution is 6.22. The minimum absolute atomic E-state index is 0.0219. The number of benzene rings is 1. The molecule has 1 heterocycles. The van der Waals surface area contributed by atoms with Crippen molar-refractivity contribution in [1.29, 1.82) is 0 Å². The van der Waals surface area contributed by atoms with E-state index in [0.717, 1.165) is 0 Å². The van der Waals surface area contributed by atoms with E-state index in [0.29, 0.717) is 42.2 Å². The molecule has 0 fully saturated rings. The van der Waals surface area contributed by atoms with Crippen molar-refractivity contribution in [3.63, 3.8) is 0 Å². The number of imide groups is 1. The Hall–Kier alpha value is -2.21. The van der Waals surface area contributed by atoms with Gasteiger partial charge < -0.3 is 10.1 Å². The molecule has 6 heteroatoms. The zero-order valence-electron chi connectivity index (χ0n) is 14.6. The quantitative estimate of drug-likeness (QED) is 0.613. The molecule has 0 spiro atoms. The summed E-state index contributed by atoms with van der Waals surface area (Å²) in [7, 11) is 1.57. The molecule has 1 unspecified atom stereocenters. The van der Waals surface area contributed by atoms with Gasteiger partial charge in [-0.25, -0.2) is 0 Å². The third-order valence-corrected chi connectivity index (χ3v) is 4.32. The summed E-state index contributed by atoms with van der Waals surface area (Å²) >= 11 is 0. The summed E-state index contributed by atoms with van der Waals surface area (Å²) in [4.78, 5) is 38.3. The van der Waals surface area contributed by atoms with Gasteiger partial charge >= 0.3 is 0 Å². The first-order valence-corrected chi connectivity index (χ1v) is 8.16. The van der Waals surface area contributed by atoms with Crippen molar-refractivity contribution < 1.29 is 19.1 Å². The van der Waals surface area contributed by atoms with Gasteiger partial charge in [0.05, 0.1) is 11.1 Å². The van der Waals surface area contributed by atoms with Crippen molar-refractivity contribution in [1.82, 2.24) is 10.2 Å². The fourth-order valence-electron chi connectivity index (χ4n) is 2.46. The summed E-state index contributed by atoms with van der Waals surface area (Å²) in [5.74, 6) is -0.591. The number of nitrogens with zero attached hydrogens (tertiary/aromatic N) is 1. The molecular formula is C18H24N2O4. The minimum atomic E-state index is -0.349. The normalized spacial score (nSPS) is 15.0. The van der Waals surface area contributed by atoms with Gasteiger partial charge in [0, 0.05) is 31.9 Å². The Morgan fingerprint density at radius 1 is 1.17 bits per heavy atom. The van der Waals surface area contributed by atoms with E-state index >= 15 is 0 Å². The molecule has 6 nitrogen and oxygen atoms in total. The molecule has 0 radical (unpaired) electrons. The molecule has 2 rings (SSSR count). The monoisotopic (exact) mass is 332 g/mol. The average molecular weight is 332 g/mol. The second kappa shape index (κ2) is 7.57. The smallest absolute Gasteiger partial charge is 0.261 e. The molecule has 3 amide bonds. The minimum Gasteiger partial charge on any atom is -0.385 e. The van der Waals surface area contributed by atoms with Crippen molar-refractivity contribution in [3.8, 4) is 0 Å². The first-order valence-electron chi connectivity index (χ1n) is 8.16. The van der Waals surface area contributed by atoms with Gasteiger partial charge in [0.25, 0.3) is 17.7 Å². The van der Waals surface area contributed by atoms with Crippen LogP contribution in [0.25, 0.3) is 0 Å². The molecule has 0 aromatic heterocycles. The van der Waals surface area contributed by atoms with Crippen LogP contribution in [0.5, 0.6) is 0 Å². The van der Waals surface area contributed by atoms with Crippen LogP contribution >= 0.6 is 0 Å². The van der Waals surface area contributed by atoms with Gasteiger partial charge in [-0.2, -0.15) is 0 Å². The molecule has 130 valence electrons. The van der Waals surface area contributed by atoms with Crippen LogP contribution in [0.3, 0.4) is 0 Å². The number of ether oxygens (including phenoxy) is 1. The second-order valence-electron chi connectivity index (χ2n) is 6.37. The Bertz CT molecular complexity index is 654. The summed E-state index contributed by atoms with van der Waals surface area (Å²) < 4.78 is 4.95. The largest absolute Gasteiger partial charge is 0.385 e. The maximum absolute atomic E-state index is 12.4. The molecule has 1 N–H and O–H groups in total. The summed E-state index contributed by atoms with van der Waals surface area (Å²) in [5.41, 5.74) is 1.04. The van der Waals surface area contributed by atoms with E-state index in [1.807, 2.05) is 20.8 Å². The summed E-state index contributed by atoms with van der Waals surface area (Å²) in [6.07, 6.45) is 0.585.